The second kappa shape index (κ2) is 7.59. The van der Waals surface area contributed by atoms with E-state index >= 15 is 0 Å². The quantitative estimate of drug-likeness (QED) is 0.414. The third-order valence-electron chi connectivity index (χ3n) is 4.02. The van der Waals surface area contributed by atoms with E-state index in [0.29, 0.717) is 12.1 Å². The number of rotatable bonds is 6. The average molecular weight is 363 g/mol. The molecule has 0 radical (unpaired) electrons. The predicted molar refractivity (Wildman–Crippen MR) is 94.1 cm³/mol. The van der Waals surface area contributed by atoms with Crippen LogP contribution in [-0.4, -0.2) is 17.7 Å². The summed E-state index contributed by atoms with van der Waals surface area (Å²) in [7, 11) is 0. The smallest absolute Gasteiger partial charge is 0.185 e. The molecule has 0 bridgehead atoms. The van der Waals surface area contributed by atoms with Crippen LogP contribution >= 0.6 is 0 Å². The number of H-pyrrole nitrogens is 1. The second-order valence-corrected chi connectivity index (χ2v) is 5.77. The zero-order valence-corrected chi connectivity index (χ0v) is 14.0. The normalized spacial score (nSPS) is 15.0. The fourth-order valence-electron chi connectivity index (χ4n) is 2.73. The number of anilines is 1. The van der Waals surface area contributed by atoms with Gasteiger partial charge in [-0.05, 0) is 30.7 Å². The molecule has 2 aromatic rings. The van der Waals surface area contributed by atoms with E-state index in [1.54, 1.807) is 24.4 Å². The van der Waals surface area contributed by atoms with Crippen molar-refractivity contribution in [1.82, 2.24) is 4.98 Å². The highest BCUT2D eigenvalue weighted by molar-refractivity contribution is 5.88. The fraction of sp³-hybridized carbons (Fsp3) is 0.211. The third-order valence-corrected chi connectivity index (χ3v) is 4.02. The van der Waals surface area contributed by atoms with Gasteiger partial charge < -0.3 is 10.3 Å². The highest BCUT2D eigenvalue weighted by Gasteiger charge is 2.29. The first-order chi connectivity index (χ1) is 12.6. The molecule has 0 spiro atoms. The number of hydrogen-bond acceptors (Lipinski definition) is 2. The lowest BCUT2D eigenvalue weighted by molar-refractivity contribution is 0.454. The zero-order valence-electron chi connectivity index (χ0n) is 14.0. The summed E-state index contributed by atoms with van der Waals surface area (Å²) in [6.07, 6.45) is 7.44. The maximum Gasteiger partial charge on any atom is 0.185 e. The maximum absolute atomic E-state index is 14.8. The molecule has 0 saturated heterocycles. The van der Waals surface area contributed by atoms with Gasteiger partial charge in [0, 0.05) is 30.2 Å². The van der Waals surface area contributed by atoms with Crippen molar-refractivity contribution in [3.05, 3.63) is 70.7 Å². The first kappa shape index (κ1) is 18.0. The van der Waals surface area contributed by atoms with Crippen molar-refractivity contribution in [1.29, 1.82) is 0 Å². The first-order valence-electron chi connectivity index (χ1n) is 8.25. The van der Waals surface area contributed by atoms with E-state index in [1.165, 1.54) is 12.3 Å². The Morgan fingerprint density at radius 1 is 1.12 bits per heavy atom. The van der Waals surface area contributed by atoms with Gasteiger partial charge >= 0.3 is 0 Å². The topological polar surface area (TPSA) is 40.2 Å². The number of aromatic nitrogens is 1. The van der Waals surface area contributed by atoms with Crippen LogP contribution in [0.3, 0.4) is 0 Å². The summed E-state index contributed by atoms with van der Waals surface area (Å²) in [5, 5.41) is 2.44. The summed E-state index contributed by atoms with van der Waals surface area (Å²) in [6.45, 7) is 2.10. The molecule has 26 heavy (non-hydrogen) atoms. The molecule has 0 saturated carbocycles. The monoisotopic (exact) mass is 363 g/mol. The van der Waals surface area contributed by atoms with E-state index < -0.39 is 34.5 Å². The summed E-state index contributed by atoms with van der Waals surface area (Å²) < 4.78 is 58.5. The van der Waals surface area contributed by atoms with Crippen LogP contribution < -0.4 is 5.32 Å². The Morgan fingerprint density at radius 2 is 1.85 bits per heavy atom. The van der Waals surface area contributed by atoms with Crippen molar-refractivity contribution < 1.29 is 17.6 Å². The average Bonchev–Trinajstić information content (AvgIpc) is 3.34. The molecule has 1 aliphatic rings. The van der Waals surface area contributed by atoms with Gasteiger partial charge in [-0.3, -0.25) is 4.99 Å². The molecule has 0 unspecified atom stereocenters. The Bertz CT molecular complexity index is 853. The summed E-state index contributed by atoms with van der Waals surface area (Å²) >= 11 is 0. The van der Waals surface area contributed by atoms with E-state index in [0.717, 1.165) is 6.42 Å². The number of aromatic amines is 1. The number of nitrogens with zero attached hydrogens (tertiary/aromatic N) is 1. The first-order valence-corrected chi connectivity index (χ1v) is 8.25. The van der Waals surface area contributed by atoms with Gasteiger partial charge in [0.05, 0.1) is 11.3 Å². The minimum atomic E-state index is -1.46. The molecule has 3 nitrogen and oxygen atoms in total. The standard InChI is InChI=1S/C19H17F4N3/c1-2-3-8-26-19-17(22)15(20)14(16(21)18(19)23)13(11-6-4-9-24-11)12-7-5-10-25-12/h4-7,9-10,24,26H,2-3,8H2,1H3/b13-12+. The minimum Gasteiger partial charge on any atom is -0.380 e. The lowest BCUT2D eigenvalue weighted by Gasteiger charge is -2.16. The molecule has 7 heteroatoms. The van der Waals surface area contributed by atoms with Gasteiger partial charge in [0.25, 0.3) is 0 Å². The molecule has 0 atom stereocenters. The van der Waals surface area contributed by atoms with E-state index in [-0.39, 0.29) is 17.8 Å². The van der Waals surface area contributed by atoms with Crippen LogP contribution in [0.1, 0.15) is 31.0 Å². The Hall–Kier alpha value is -2.83. The van der Waals surface area contributed by atoms with Crippen LogP contribution in [0.2, 0.25) is 0 Å². The van der Waals surface area contributed by atoms with Crippen LogP contribution in [0, 0.1) is 23.3 Å². The molecule has 2 N–H and O–H groups in total. The lowest BCUT2D eigenvalue weighted by atomic mass is 9.98. The third kappa shape index (κ3) is 3.16. The van der Waals surface area contributed by atoms with Gasteiger partial charge in [0.2, 0.25) is 0 Å². The SMILES string of the molecule is CCCCNc1c(F)c(F)c(/C(=C2\C=CC=N2)c2ccc[nH]2)c(F)c1F. The Kier molecular flexibility index (Phi) is 5.25. The molecular weight excluding hydrogens is 346 g/mol. The lowest BCUT2D eigenvalue weighted by Crippen LogP contribution is -2.12. The van der Waals surface area contributed by atoms with Gasteiger partial charge in [-0.25, -0.2) is 17.6 Å². The van der Waals surface area contributed by atoms with Crippen molar-refractivity contribution in [3.8, 4) is 0 Å². The number of unbranched alkanes of at least 4 members (excludes halogenated alkanes) is 1. The Balaban J connectivity index is 2.20. The van der Waals surface area contributed by atoms with Crippen LogP contribution in [0.25, 0.3) is 5.57 Å². The highest BCUT2D eigenvalue weighted by atomic mass is 19.2. The largest absolute Gasteiger partial charge is 0.380 e. The van der Waals surface area contributed by atoms with E-state index in [2.05, 4.69) is 15.3 Å². The molecule has 1 aromatic carbocycles. The fourth-order valence-corrected chi connectivity index (χ4v) is 2.73. The number of benzene rings is 1. The number of aliphatic imine (C=N–C) groups is 1. The molecule has 1 aromatic heterocycles. The van der Waals surface area contributed by atoms with Crippen LogP contribution in [-0.2, 0) is 0 Å². The van der Waals surface area contributed by atoms with Crippen molar-refractivity contribution >= 4 is 17.5 Å². The number of nitrogens with one attached hydrogen (secondary N) is 2. The van der Waals surface area contributed by atoms with Crippen molar-refractivity contribution in [3.63, 3.8) is 0 Å². The molecule has 0 aliphatic carbocycles. The highest BCUT2D eigenvalue weighted by Crippen LogP contribution is 2.37. The molecule has 0 amide bonds. The van der Waals surface area contributed by atoms with E-state index in [9.17, 15) is 17.6 Å². The summed E-state index contributed by atoms with van der Waals surface area (Å²) in [5.74, 6) is -5.83. The summed E-state index contributed by atoms with van der Waals surface area (Å²) in [6, 6.07) is 3.16. The zero-order chi connectivity index (χ0) is 18.7. The second-order valence-electron chi connectivity index (χ2n) is 5.77. The van der Waals surface area contributed by atoms with Crippen molar-refractivity contribution in [2.45, 2.75) is 19.8 Å². The number of allylic oxidation sites excluding steroid dienone is 2. The minimum absolute atomic E-state index is 0.0482. The van der Waals surface area contributed by atoms with Crippen molar-refractivity contribution in [2.24, 2.45) is 4.99 Å². The van der Waals surface area contributed by atoms with Gasteiger partial charge in [0.15, 0.2) is 23.3 Å². The Labute approximate surface area is 148 Å². The predicted octanol–water partition coefficient (Wildman–Crippen LogP) is 5.18. The van der Waals surface area contributed by atoms with Gasteiger partial charge in [0.1, 0.15) is 5.69 Å². The molecule has 136 valence electrons. The summed E-state index contributed by atoms with van der Waals surface area (Å²) in [5.41, 5.74) is -1.13. The molecule has 1 aliphatic heterocycles. The maximum atomic E-state index is 14.8. The Morgan fingerprint density at radius 3 is 2.38 bits per heavy atom. The number of halogens is 4. The molecule has 3 rings (SSSR count). The van der Waals surface area contributed by atoms with Gasteiger partial charge in [-0.2, -0.15) is 0 Å². The van der Waals surface area contributed by atoms with Crippen LogP contribution in [0.4, 0.5) is 23.2 Å². The summed E-state index contributed by atoms with van der Waals surface area (Å²) in [4.78, 5) is 6.83. The molecule has 2 heterocycles. The van der Waals surface area contributed by atoms with Gasteiger partial charge in [-0.15, -0.1) is 0 Å². The van der Waals surface area contributed by atoms with Crippen LogP contribution in [0.15, 0.2) is 41.2 Å². The number of hydrogen-bond donors (Lipinski definition) is 2. The van der Waals surface area contributed by atoms with E-state index in [1.807, 2.05) is 6.92 Å². The molecule has 0 fully saturated rings. The van der Waals surface area contributed by atoms with E-state index in [4.69, 9.17) is 0 Å². The molecular formula is C19H17F4N3. The van der Waals surface area contributed by atoms with Crippen LogP contribution in [0.5, 0.6) is 0 Å². The van der Waals surface area contributed by atoms with Gasteiger partial charge in [-0.1, -0.05) is 13.3 Å². The van der Waals surface area contributed by atoms with Crippen molar-refractivity contribution in [2.75, 3.05) is 11.9 Å².